The van der Waals surface area contributed by atoms with Crippen molar-refractivity contribution in [1.82, 2.24) is 0 Å². The van der Waals surface area contributed by atoms with Crippen LogP contribution in [0, 0.1) is 16.2 Å². The van der Waals surface area contributed by atoms with Crippen molar-refractivity contribution in [3.8, 4) is 0 Å². The molecule has 0 aliphatic rings. The van der Waals surface area contributed by atoms with Gasteiger partial charge in [-0.2, -0.15) is 74.6 Å². The Morgan fingerprint density at radius 2 is 0.725 bits per heavy atom. The fraction of sp³-hybridized carbons (Fsp3) is 0.571. The molecule has 230 valence electrons. The third-order valence-corrected chi connectivity index (χ3v) is 4.07. The Balaban J connectivity index is 0. The zero-order valence-electron chi connectivity index (χ0n) is 17.6. The molecule has 0 atom stereocenters. The molecule has 0 saturated heterocycles. The van der Waals surface area contributed by atoms with Crippen LogP contribution in [0.5, 0.6) is 0 Å². The second-order valence-corrected chi connectivity index (χ2v) is 6.66. The van der Waals surface area contributed by atoms with Crippen molar-refractivity contribution in [2.45, 2.75) is 47.6 Å². The molecule has 0 aliphatic carbocycles. The van der Waals surface area contributed by atoms with Crippen LogP contribution in [0.3, 0.4) is 0 Å². The fourth-order valence-corrected chi connectivity index (χ4v) is 2.08. The van der Waals surface area contributed by atoms with Gasteiger partial charge in [-0.3, -0.25) is 0 Å². The number of alkyl halides is 17. The molecule has 0 heterocycles. The van der Waals surface area contributed by atoms with Crippen molar-refractivity contribution in [2.24, 2.45) is 0 Å². The Morgan fingerprint density at radius 1 is 0.475 bits per heavy atom. The molecule has 0 bridgehead atoms. The molecule has 0 radical (unpaired) electrons. The highest BCUT2D eigenvalue weighted by Crippen LogP contribution is 2.65. The average molecular weight is 638 g/mol. The number of hydrogen-bond acceptors (Lipinski definition) is 3. The maximum atomic E-state index is 13.9. The van der Waals surface area contributed by atoms with Crippen LogP contribution in [0.4, 0.5) is 97.6 Å². The predicted molar refractivity (Wildman–Crippen MR) is 84.5 cm³/mol. The lowest BCUT2D eigenvalue weighted by molar-refractivity contribution is -0.462. The van der Waals surface area contributed by atoms with Crippen LogP contribution in [-0.2, 0) is 5.92 Å². The Hall–Kier alpha value is -3.35. The van der Waals surface area contributed by atoms with Gasteiger partial charge in [0.1, 0.15) is 0 Å². The summed E-state index contributed by atoms with van der Waals surface area (Å²) in [5.74, 6) is -56.8. The lowest BCUT2D eigenvalue weighted by Gasteiger charge is -2.42. The van der Waals surface area contributed by atoms with Gasteiger partial charge >= 0.3 is 60.6 Å². The molecule has 1 aromatic carbocycles. The molecular weight excluding hydrogens is 634 g/mol. The first kappa shape index (κ1) is 38.8. The molecule has 0 aromatic heterocycles. The van der Waals surface area contributed by atoms with E-state index in [9.17, 15) is 91.9 Å². The summed E-state index contributed by atoms with van der Waals surface area (Å²) in [5.41, 5.74) is -3.11. The van der Waals surface area contributed by atoms with Gasteiger partial charge < -0.3 is 17.3 Å². The molecular formula is C14H4BF21N4. The topological polar surface area (TPSA) is 75.7 Å². The number of benzene rings is 1. The van der Waals surface area contributed by atoms with E-state index in [1.165, 1.54) is 0 Å². The third kappa shape index (κ3) is 6.51. The van der Waals surface area contributed by atoms with E-state index in [1.807, 2.05) is 0 Å². The van der Waals surface area contributed by atoms with Crippen molar-refractivity contribution >= 4 is 12.9 Å². The Kier molecular flexibility index (Phi) is 10.9. The van der Waals surface area contributed by atoms with Crippen LogP contribution in [0.15, 0.2) is 24.3 Å². The second kappa shape index (κ2) is 11.3. The summed E-state index contributed by atoms with van der Waals surface area (Å²) in [6, 6.07) is -0.242. The molecule has 26 heteroatoms. The summed E-state index contributed by atoms with van der Waals surface area (Å²) in [5, 5.41) is 20.3. The van der Waals surface area contributed by atoms with E-state index in [-0.39, 0.29) is 24.3 Å². The number of halogens is 21. The van der Waals surface area contributed by atoms with E-state index >= 15 is 0 Å². The second-order valence-electron chi connectivity index (χ2n) is 6.66. The molecule has 0 N–H and O–H groups in total. The SMILES string of the molecule is F[B-](F)(F)F.N#N.N#[N+]c1ccc(C(F)(F)C(F)(F)C(F)(F)C(F)(F)C(F)(F)C(F)(F)C(F)(F)C(F)(F)F)cc1. The average Bonchev–Trinajstić information content (AvgIpc) is 2.77. The van der Waals surface area contributed by atoms with E-state index in [4.69, 9.17) is 16.2 Å². The Labute approximate surface area is 204 Å². The van der Waals surface area contributed by atoms with Gasteiger partial charge in [0.05, 0.1) is 0 Å². The van der Waals surface area contributed by atoms with E-state index in [2.05, 4.69) is 4.98 Å². The van der Waals surface area contributed by atoms with Crippen molar-refractivity contribution in [2.75, 3.05) is 0 Å². The molecule has 40 heavy (non-hydrogen) atoms. The maximum Gasteiger partial charge on any atom is 0.673 e. The first-order valence-corrected chi connectivity index (χ1v) is 8.53. The molecule has 0 amide bonds. The number of nitrogens with zero attached hydrogens (tertiary/aromatic N) is 4. The molecule has 0 spiro atoms. The summed E-state index contributed by atoms with van der Waals surface area (Å²) in [6.07, 6.45) is -7.79. The van der Waals surface area contributed by atoms with Crippen molar-refractivity contribution < 1.29 is 91.9 Å². The van der Waals surface area contributed by atoms with Crippen LogP contribution in [0.1, 0.15) is 5.56 Å². The summed E-state index contributed by atoms with van der Waals surface area (Å²) in [6.45, 7) is 0. The largest absolute Gasteiger partial charge is 0.673 e. The molecule has 1 aromatic rings. The highest BCUT2D eigenvalue weighted by molar-refractivity contribution is 6.50. The minimum atomic E-state index is -8.67. The van der Waals surface area contributed by atoms with E-state index in [0.29, 0.717) is 0 Å². The van der Waals surface area contributed by atoms with Gasteiger partial charge in [-0.05, 0) is 12.1 Å². The minimum absolute atomic E-state index is 0.169. The summed E-state index contributed by atoms with van der Waals surface area (Å²) in [4.78, 5) is 2.30. The van der Waals surface area contributed by atoms with Gasteiger partial charge in [0.15, 0.2) is 4.98 Å². The lowest BCUT2D eigenvalue weighted by atomic mass is 9.87. The standard InChI is InChI=1S/C14H4F17N2.BF4.N2/c15-7(16,5-1-3-6(33-32)4-2-5)8(17,18)9(19,20)10(21,22)11(23,24)12(25,26)13(27,28)14(29,30)31;2-1(3,4)5;1-2/h1-4H;;/q+1;-1;. The van der Waals surface area contributed by atoms with Gasteiger partial charge in [0, 0.05) is 28.5 Å². The van der Waals surface area contributed by atoms with E-state index < -0.39 is 66.1 Å². The zero-order chi connectivity index (χ0) is 33.2. The van der Waals surface area contributed by atoms with Crippen LogP contribution >= 0.6 is 0 Å². The summed E-state index contributed by atoms with van der Waals surface area (Å²) < 4.78 is 263. The molecule has 0 unspecified atom stereocenters. The smallest absolute Gasteiger partial charge is 0.418 e. The monoisotopic (exact) mass is 638 g/mol. The van der Waals surface area contributed by atoms with Crippen LogP contribution in [0.2, 0.25) is 0 Å². The van der Waals surface area contributed by atoms with E-state index in [1.54, 1.807) is 0 Å². The maximum absolute atomic E-state index is 13.9. The van der Waals surface area contributed by atoms with Gasteiger partial charge in [-0.15, -0.1) is 0 Å². The molecule has 0 saturated carbocycles. The highest BCUT2D eigenvalue weighted by atomic mass is 19.5. The normalized spacial score (nSPS) is 14.2. The number of rotatable bonds is 7. The minimum Gasteiger partial charge on any atom is -0.418 e. The molecule has 1 rings (SSSR count). The Bertz CT molecular complexity index is 1040. The molecule has 0 aliphatic heterocycles. The zero-order valence-corrected chi connectivity index (χ0v) is 17.6. The van der Waals surface area contributed by atoms with Crippen LogP contribution in [0.25, 0.3) is 4.98 Å². The fourth-order valence-electron chi connectivity index (χ4n) is 2.08. The lowest BCUT2D eigenvalue weighted by Crippen LogP contribution is -2.74. The number of diazo groups is 1. The molecule has 4 nitrogen and oxygen atoms in total. The predicted octanol–water partition coefficient (Wildman–Crippen LogP) is 8.97. The first-order chi connectivity index (χ1) is 17.3. The number of hydrogen-bond donors (Lipinski definition) is 0. The van der Waals surface area contributed by atoms with Crippen molar-refractivity contribution in [1.29, 1.82) is 16.2 Å². The van der Waals surface area contributed by atoms with Crippen molar-refractivity contribution in [3.63, 3.8) is 0 Å². The summed E-state index contributed by atoms with van der Waals surface area (Å²) >= 11 is 0. The Morgan fingerprint density at radius 3 is 0.975 bits per heavy atom. The third-order valence-electron chi connectivity index (χ3n) is 4.07. The molecule has 0 fully saturated rings. The van der Waals surface area contributed by atoms with Crippen LogP contribution in [-0.4, -0.2) is 49.0 Å². The van der Waals surface area contributed by atoms with Gasteiger partial charge in [-0.1, -0.05) is 0 Å². The summed E-state index contributed by atoms with van der Waals surface area (Å²) in [7, 11) is -6.00. The van der Waals surface area contributed by atoms with Crippen molar-refractivity contribution in [3.05, 3.63) is 34.8 Å². The van der Waals surface area contributed by atoms with Crippen LogP contribution < -0.4 is 0 Å². The highest BCUT2D eigenvalue weighted by Gasteiger charge is 2.95. The van der Waals surface area contributed by atoms with Gasteiger partial charge in [0.2, 0.25) is 5.39 Å². The quantitative estimate of drug-likeness (QED) is 0.170. The van der Waals surface area contributed by atoms with Gasteiger partial charge in [-0.25, -0.2) is 0 Å². The first-order valence-electron chi connectivity index (χ1n) is 8.53. The van der Waals surface area contributed by atoms with Gasteiger partial charge in [0.25, 0.3) is 0 Å². The van der Waals surface area contributed by atoms with E-state index in [0.717, 1.165) is 0 Å².